The Labute approximate surface area is 98.0 Å². The van der Waals surface area contributed by atoms with Gasteiger partial charge >= 0.3 is 5.69 Å². The number of nitrogen functional groups attached to an aromatic ring is 1. The van der Waals surface area contributed by atoms with E-state index in [0.29, 0.717) is 0 Å². The maximum absolute atomic E-state index is 10.7. The van der Waals surface area contributed by atoms with Gasteiger partial charge in [0.25, 0.3) is 0 Å². The lowest BCUT2D eigenvalue weighted by Crippen LogP contribution is -2.25. The molecule has 0 amide bonds. The summed E-state index contributed by atoms with van der Waals surface area (Å²) in [7, 11) is 0. The normalized spacial score (nSPS) is 12.5. The number of nitro groups is 1. The lowest BCUT2D eigenvalue weighted by atomic mass is 10.1. The van der Waals surface area contributed by atoms with Gasteiger partial charge in [-0.2, -0.15) is 4.98 Å². The van der Waals surface area contributed by atoms with Crippen molar-refractivity contribution < 1.29 is 10.0 Å². The number of nitrogens with zero attached hydrogens (tertiary/aromatic N) is 3. The number of aromatic nitrogens is 2. The fourth-order valence-electron chi connectivity index (χ4n) is 1.09. The Morgan fingerprint density at radius 2 is 2.29 bits per heavy atom. The number of nitrogens with two attached hydrogens (primary N) is 1. The van der Waals surface area contributed by atoms with Gasteiger partial charge in [-0.1, -0.05) is 13.8 Å². The lowest BCUT2D eigenvalue weighted by Gasteiger charge is -2.15. The molecule has 1 aromatic heterocycles. The molecule has 0 aliphatic rings. The van der Waals surface area contributed by atoms with Gasteiger partial charge < -0.3 is 16.2 Å². The second kappa shape index (κ2) is 5.39. The van der Waals surface area contributed by atoms with E-state index >= 15 is 0 Å². The van der Waals surface area contributed by atoms with Gasteiger partial charge in [0, 0.05) is 6.54 Å². The smallest absolute Gasteiger partial charge is 0.329 e. The van der Waals surface area contributed by atoms with Gasteiger partial charge in [0.05, 0.1) is 11.0 Å². The topological polar surface area (TPSA) is 127 Å². The molecule has 1 rings (SSSR count). The highest BCUT2D eigenvalue weighted by Gasteiger charge is 2.18. The zero-order chi connectivity index (χ0) is 13.0. The van der Waals surface area contributed by atoms with Crippen molar-refractivity contribution in [3.63, 3.8) is 0 Å². The zero-order valence-electron chi connectivity index (χ0n) is 9.62. The summed E-state index contributed by atoms with van der Waals surface area (Å²) < 4.78 is 0. The van der Waals surface area contributed by atoms with E-state index in [9.17, 15) is 15.2 Å². The van der Waals surface area contributed by atoms with Gasteiger partial charge in [-0.15, -0.1) is 0 Å². The Balaban J connectivity index is 2.82. The SMILES string of the molecule is CC(C)C(O)CNc1nc(N)ncc1[N+](=O)[O-]. The summed E-state index contributed by atoms with van der Waals surface area (Å²) in [5.41, 5.74) is 5.08. The standard InChI is InChI=1S/C9H15N5O3/c1-5(2)7(15)4-11-8-6(14(16)17)3-12-9(10)13-8/h3,5,7,15H,4H2,1-2H3,(H3,10,11,12,13). The average molecular weight is 241 g/mol. The molecule has 0 bridgehead atoms. The van der Waals surface area contributed by atoms with Crippen LogP contribution in [0.1, 0.15) is 13.8 Å². The molecule has 17 heavy (non-hydrogen) atoms. The molecule has 1 unspecified atom stereocenters. The molecule has 1 heterocycles. The summed E-state index contributed by atoms with van der Waals surface area (Å²) in [6, 6.07) is 0. The quantitative estimate of drug-likeness (QED) is 0.502. The van der Waals surface area contributed by atoms with Crippen molar-refractivity contribution >= 4 is 17.5 Å². The fraction of sp³-hybridized carbons (Fsp3) is 0.556. The third kappa shape index (κ3) is 3.52. The first-order valence-corrected chi connectivity index (χ1v) is 5.10. The Morgan fingerprint density at radius 3 is 2.82 bits per heavy atom. The molecular weight excluding hydrogens is 226 g/mol. The highest BCUT2D eigenvalue weighted by molar-refractivity contribution is 5.56. The van der Waals surface area contributed by atoms with E-state index in [4.69, 9.17) is 5.73 Å². The summed E-state index contributed by atoms with van der Waals surface area (Å²) in [5.74, 6) is 0.0000713. The van der Waals surface area contributed by atoms with Crippen LogP contribution in [0.5, 0.6) is 0 Å². The van der Waals surface area contributed by atoms with E-state index in [0.717, 1.165) is 6.20 Å². The first kappa shape index (κ1) is 13.1. The van der Waals surface area contributed by atoms with Crippen molar-refractivity contribution in [2.75, 3.05) is 17.6 Å². The van der Waals surface area contributed by atoms with E-state index in [1.54, 1.807) is 0 Å². The maximum Gasteiger partial charge on any atom is 0.329 e. The fourth-order valence-corrected chi connectivity index (χ4v) is 1.09. The monoisotopic (exact) mass is 241 g/mol. The predicted molar refractivity (Wildman–Crippen MR) is 62.4 cm³/mol. The Kier molecular flexibility index (Phi) is 4.16. The molecule has 0 fully saturated rings. The molecule has 1 aromatic rings. The number of nitrogens with one attached hydrogen (secondary N) is 1. The first-order chi connectivity index (χ1) is 7.91. The summed E-state index contributed by atoms with van der Waals surface area (Å²) >= 11 is 0. The van der Waals surface area contributed by atoms with E-state index in [2.05, 4.69) is 15.3 Å². The van der Waals surface area contributed by atoms with Crippen LogP contribution in [0.3, 0.4) is 0 Å². The van der Waals surface area contributed by atoms with E-state index in [1.165, 1.54) is 0 Å². The molecule has 4 N–H and O–H groups in total. The number of anilines is 2. The van der Waals surface area contributed by atoms with Crippen molar-refractivity contribution in [3.05, 3.63) is 16.3 Å². The molecule has 0 spiro atoms. The van der Waals surface area contributed by atoms with E-state index in [-0.39, 0.29) is 29.9 Å². The Morgan fingerprint density at radius 1 is 1.65 bits per heavy atom. The van der Waals surface area contributed by atoms with Crippen LogP contribution in [-0.2, 0) is 0 Å². The molecule has 94 valence electrons. The summed E-state index contributed by atoms with van der Waals surface area (Å²) in [5, 5.41) is 23.0. The lowest BCUT2D eigenvalue weighted by molar-refractivity contribution is -0.384. The molecule has 0 saturated heterocycles. The maximum atomic E-state index is 10.7. The summed E-state index contributed by atoms with van der Waals surface area (Å²) in [4.78, 5) is 17.4. The Bertz CT molecular complexity index is 410. The highest BCUT2D eigenvalue weighted by atomic mass is 16.6. The molecule has 0 aliphatic carbocycles. The number of aliphatic hydroxyl groups excluding tert-OH is 1. The largest absolute Gasteiger partial charge is 0.391 e. The first-order valence-electron chi connectivity index (χ1n) is 5.10. The molecule has 1 atom stereocenters. The van der Waals surface area contributed by atoms with Crippen molar-refractivity contribution in [3.8, 4) is 0 Å². The third-order valence-corrected chi connectivity index (χ3v) is 2.23. The molecular formula is C9H15N5O3. The van der Waals surface area contributed by atoms with Gasteiger partial charge in [0.1, 0.15) is 6.20 Å². The van der Waals surface area contributed by atoms with Crippen LogP contribution in [0.15, 0.2) is 6.20 Å². The van der Waals surface area contributed by atoms with Crippen LogP contribution in [-0.4, -0.2) is 32.6 Å². The highest BCUT2D eigenvalue weighted by Crippen LogP contribution is 2.21. The minimum absolute atomic E-state index is 0.0159. The van der Waals surface area contributed by atoms with Gasteiger partial charge in [0.2, 0.25) is 11.8 Å². The molecule has 0 radical (unpaired) electrons. The molecule has 0 aromatic carbocycles. The van der Waals surface area contributed by atoms with Gasteiger partial charge in [-0.3, -0.25) is 10.1 Å². The minimum Gasteiger partial charge on any atom is -0.391 e. The van der Waals surface area contributed by atoms with Crippen LogP contribution in [0, 0.1) is 16.0 Å². The van der Waals surface area contributed by atoms with E-state index in [1.807, 2.05) is 13.8 Å². The molecule has 0 saturated carbocycles. The zero-order valence-corrected chi connectivity index (χ0v) is 9.62. The predicted octanol–water partition coefficient (Wildman–Crippen LogP) is 0.396. The third-order valence-electron chi connectivity index (χ3n) is 2.23. The molecule has 8 nitrogen and oxygen atoms in total. The van der Waals surface area contributed by atoms with Crippen LogP contribution in [0.25, 0.3) is 0 Å². The van der Waals surface area contributed by atoms with Crippen LogP contribution in [0.2, 0.25) is 0 Å². The van der Waals surface area contributed by atoms with Crippen molar-refractivity contribution in [1.82, 2.24) is 9.97 Å². The second-order valence-corrected chi connectivity index (χ2v) is 3.91. The van der Waals surface area contributed by atoms with Crippen LogP contribution in [0.4, 0.5) is 17.5 Å². The van der Waals surface area contributed by atoms with Crippen molar-refractivity contribution in [2.24, 2.45) is 5.92 Å². The average Bonchev–Trinajstić information content (AvgIpc) is 2.25. The summed E-state index contributed by atoms with van der Waals surface area (Å²) in [6.07, 6.45) is 0.415. The van der Waals surface area contributed by atoms with Crippen LogP contribution >= 0.6 is 0 Å². The van der Waals surface area contributed by atoms with Crippen molar-refractivity contribution in [1.29, 1.82) is 0 Å². The minimum atomic E-state index is -0.620. The van der Waals surface area contributed by atoms with Crippen LogP contribution < -0.4 is 11.1 Å². The molecule has 8 heteroatoms. The number of hydrogen-bond acceptors (Lipinski definition) is 7. The number of aliphatic hydroxyl groups is 1. The Hall–Kier alpha value is -1.96. The molecule has 0 aliphatic heterocycles. The van der Waals surface area contributed by atoms with Gasteiger partial charge in [-0.05, 0) is 5.92 Å². The van der Waals surface area contributed by atoms with Gasteiger partial charge in [-0.25, -0.2) is 4.98 Å². The second-order valence-electron chi connectivity index (χ2n) is 3.91. The number of hydrogen-bond donors (Lipinski definition) is 3. The van der Waals surface area contributed by atoms with E-state index < -0.39 is 11.0 Å². The van der Waals surface area contributed by atoms with Crippen molar-refractivity contribution in [2.45, 2.75) is 20.0 Å². The van der Waals surface area contributed by atoms with Gasteiger partial charge in [0.15, 0.2) is 0 Å². The summed E-state index contributed by atoms with van der Waals surface area (Å²) in [6.45, 7) is 3.85. The number of rotatable bonds is 5.